The van der Waals surface area contributed by atoms with E-state index in [2.05, 4.69) is 24.5 Å². The van der Waals surface area contributed by atoms with Gasteiger partial charge in [-0.25, -0.2) is 0 Å². The van der Waals surface area contributed by atoms with E-state index in [9.17, 15) is 19.2 Å². The van der Waals surface area contributed by atoms with Gasteiger partial charge in [0.25, 0.3) is 0 Å². The molecule has 1 aliphatic carbocycles. The van der Waals surface area contributed by atoms with Crippen LogP contribution in [0, 0.1) is 28.6 Å². The van der Waals surface area contributed by atoms with Crippen LogP contribution >= 0.6 is 0 Å². The first-order valence-electron chi connectivity index (χ1n) is 10.7. The van der Waals surface area contributed by atoms with Crippen LogP contribution < -0.4 is 22.1 Å². The fraction of sp³-hybridized carbons (Fsp3) is 0.810. The van der Waals surface area contributed by atoms with Crippen LogP contribution in [0.3, 0.4) is 0 Å². The van der Waals surface area contributed by atoms with E-state index in [1.807, 2.05) is 20.8 Å². The third kappa shape index (κ3) is 3.91. The van der Waals surface area contributed by atoms with Gasteiger partial charge in [0.1, 0.15) is 12.1 Å². The predicted molar refractivity (Wildman–Crippen MR) is 111 cm³/mol. The van der Waals surface area contributed by atoms with Gasteiger partial charge in [-0.05, 0) is 35.5 Å². The maximum Gasteiger partial charge on any atom is 0.243 e. The molecule has 3 fully saturated rings. The summed E-state index contributed by atoms with van der Waals surface area (Å²) in [5, 5.41) is 5.46. The van der Waals surface area contributed by atoms with Gasteiger partial charge in [0.05, 0.1) is 6.04 Å². The topological polar surface area (TPSA) is 148 Å². The number of primary amides is 1. The molecule has 0 aromatic rings. The number of nitrogens with two attached hydrogens (primary N) is 2. The van der Waals surface area contributed by atoms with Crippen LogP contribution in [-0.2, 0) is 19.2 Å². The highest BCUT2D eigenvalue weighted by molar-refractivity contribution is 5.94. The van der Waals surface area contributed by atoms with Gasteiger partial charge in [-0.15, -0.1) is 0 Å². The summed E-state index contributed by atoms with van der Waals surface area (Å²) in [5.74, 6) is -1.59. The van der Waals surface area contributed by atoms with Crippen molar-refractivity contribution in [1.82, 2.24) is 15.5 Å². The minimum absolute atomic E-state index is 0.0110. The monoisotopic (exact) mass is 421 g/mol. The molecule has 9 nitrogen and oxygen atoms in total. The molecule has 0 aromatic heterocycles. The Bertz CT molecular complexity index is 759. The number of nitrogens with zero attached hydrogens (tertiary/aromatic N) is 1. The summed E-state index contributed by atoms with van der Waals surface area (Å²) in [6, 6.07) is -2.38. The highest BCUT2D eigenvalue weighted by Crippen LogP contribution is 2.65. The maximum absolute atomic E-state index is 13.3. The van der Waals surface area contributed by atoms with Crippen molar-refractivity contribution in [3.8, 4) is 0 Å². The van der Waals surface area contributed by atoms with Gasteiger partial charge < -0.3 is 27.0 Å². The Morgan fingerprint density at radius 3 is 2.43 bits per heavy atom. The zero-order valence-electron chi connectivity index (χ0n) is 18.5. The Hall–Kier alpha value is -2.16. The molecule has 30 heavy (non-hydrogen) atoms. The largest absolute Gasteiger partial charge is 0.368 e. The van der Waals surface area contributed by atoms with Crippen LogP contribution in [0.4, 0.5) is 0 Å². The Morgan fingerprint density at radius 1 is 1.30 bits per heavy atom. The molecule has 9 heteroatoms. The summed E-state index contributed by atoms with van der Waals surface area (Å²) in [7, 11) is 0. The van der Waals surface area contributed by atoms with Gasteiger partial charge in [-0.1, -0.05) is 34.6 Å². The Kier molecular flexibility index (Phi) is 5.64. The number of fused-ring (bicyclic) bond motifs is 1. The first-order chi connectivity index (χ1) is 13.8. The van der Waals surface area contributed by atoms with Gasteiger partial charge in [-0.2, -0.15) is 0 Å². The Balaban J connectivity index is 1.77. The smallest absolute Gasteiger partial charge is 0.243 e. The molecule has 0 spiro atoms. The molecule has 168 valence electrons. The lowest BCUT2D eigenvalue weighted by atomic mass is 9.86. The SMILES string of the molecule is CC(C)(C)C(N)C(=O)N1C[C@H]2[C@@H]([C@H]1C(=O)NC(CC1CCNC1=O)C(N)=O)C2(C)C. The van der Waals surface area contributed by atoms with Crippen LogP contribution in [0.5, 0.6) is 0 Å². The van der Waals surface area contributed by atoms with Crippen molar-refractivity contribution in [1.29, 1.82) is 0 Å². The second-order valence-corrected chi connectivity index (χ2v) is 10.7. The lowest BCUT2D eigenvalue weighted by Crippen LogP contribution is -2.59. The van der Waals surface area contributed by atoms with Crippen molar-refractivity contribution >= 4 is 23.6 Å². The van der Waals surface area contributed by atoms with Crippen LogP contribution in [0.2, 0.25) is 0 Å². The number of piperidine rings is 1. The molecule has 4 amide bonds. The van der Waals surface area contributed by atoms with E-state index in [0.717, 1.165) is 0 Å². The molecule has 3 unspecified atom stereocenters. The second-order valence-electron chi connectivity index (χ2n) is 10.7. The second kappa shape index (κ2) is 7.51. The molecule has 6 N–H and O–H groups in total. The predicted octanol–water partition coefficient (Wildman–Crippen LogP) is -0.661. The molecular weight excluding hydrogens is 386 g/mol. The number of rotatable bonds is 6. The fourth-order valence-electron chi connectivity index (χ4n) is 5.02. The molecule has 2 aliphatic heterocycles. The van der Waals surface area contributed by atoms with E-state index >= 15 is 0 Å². The Labute approximate surface area is 177 Å². The van der Waals surface area contributed by atoms with Crippen molar-refractivity contribution in [2.75, 3.05) is 13.1 Å². The average Bonchev–Trinajstić information content (AvgIpc) is 3.01. The maximum atomic E-state index is 13.3. The number of likely N-dealkylation sites (tertiary alicyclic amines) is 1. The molecule has 3 rings (SSSR count). The molecule has 3 aliphatic rings. The van der Waals surface area contributed by atoms with E-state index in [0.29, 0.717) is 19.5 Å². The molecule has 2 heterocycles. The minimum Gasteiger partial charge on any atom is -0.368 e. The summed E-state index contributed by atoms with van der Waals surface area (Å²) >= 11 is 0. The third-order valence-electron chi connectivity index (χ3n) is 7.30. The van der Waals surface area contributed by atoms with Crippen molar-refractivity contribution < 1.29 is 19.2 Å². The van der Waals surface area contributed by atoms with Crippen molar-refractivity contribution in [3.05, 3.63) is 0 Å². The molecular formula is C21H35N5O4. The number of hydrogen-bond donors (Lipinski definition) is 4. The first kappa shape index (κ1) is 22.5. The standard InChI is InChI=1S/C21H35N5O4/c1-20(2,3)15(22)19(30)26-9-11-13(21(11,4)5)14(26)18(29)25-12(16(23)27)8-10-6-7-24-17(10)28/h10-15H,6-9,22H2,1-5H3,(H2,23,27)(H,24,28)(H,25,29)/t10?,11-,12?,13-,14-,15?/m0/s1. The highest BCUT2D eigenvalue weighted by Gasteiger charge is 2.69. The lowest BCUT2D eigenvalue weighted by Gasteiger charge is -2.36. The van der Waals surface area contributed by atoms with E-state index in [1.54, 1.807) is 4.90 Å². The summed E-state index contributed by atoms with van der Waals surface area (Å²) in [6.07, 6.45) is 0.761. The summed E-state index contributed by atoms with van der Waals surface area (Å²) in [5.41, 5.74) is 11.2. The van der Waals surface area contributed by atoms with Crippen LogP contribution in [-0.4, -0.2) is 59.7 Å². The van der Waals surface area contributed by atoms with Gasteiger partial charge >= 0.3 is 0 Å². The van der Waals surface area contributed by atoms with Crippen molar-refractivity contribution in [2.24, 2.45) is 40.1 Å². The van der Waals surface area contributed by atoms with Crippen molar-refractivity contribution in [2.45, 2.75) is 65.6 Å². The highest BCUT2D eigenvalue weighted by atomic mass is 16.2. The van der Waals surface area contributed by atoms with Gasteiger partial charge in [0, 0.05) is 19.0 Å². The van der Waals surface area contributed by atoms with Gasteiger partial charge in [-0.3, -0.25) is 19.2 Å². The molecule has 6 atom stereocenters. The van der Waals surface area contributed by atoms with Gasteiger partial charge in [0.15, 0.2) is 0 Å². The average molecular weight is 422 g/mol. The fourth-order valence-corrected chi connectivity index (χ4v) is 5.02. The first-order valence-corrected chi connectivity index (χ1v) is 10.7. The third-order valence-corrected chi connectivity index (χ3v) is 7.30. The zero-order valence-corrected chi connectivity index (χ0v) is 18.5. The number of nitrogens with one attached hydrogen (secondary N) is 2. The molecule has 0 aromatic carbocycles. The zero-order chi connectivity index (χ0) is 22.6. The van der Waals surface area contributed by atoms with Crippen LogP contribution in [0.15, 0.2) is 0 Å². The summed E-state index contributed by atoms with van der Waals surface area (Å²) < 4.78 is 0. The lowest BCUT2D eigenvalue weighted by molar-refractivity contribution is -0.143. The van der Waals surface area contributed by atoms with Crippen LogP contribution in [0.1, 0.15) is 47.5 Å². The van der Waals surface area contributed by atoms with E-state index in [4.69, 9.17) is 11.5 Å². The molecule has 0 radical (unpaired) electrons. The summed E-state index contributed by atoms with van der Waals surface area (Å²) in [4.78, 5) is 51.8. The van der Waals surface area contributed by atoms with E-state index < -0.39 is 35.4 Å². The number of amides is 4. The van der Waals surface area contributed by atoms with Crippen LogP contribution in [0.25, 0.3) is 0 Å². The molecule has 0 bridgehead atoms. The number of carbonyl (C=O) groups is 4. The molecule has 1 saturated carbocycles. The number of hydrogen-bond acceptors (Lipinski definition) is 5. The quantitative estimate of drug-likeness (QED) is 0.449. The number of carbonyl (C=O) groups excluding carboxylic acids is 4. The normalized spacial score (nSPS) is 31.5. The summed E-state index contributed by atoms with van der Waals surface area (Å²) in [6.45, 7) is 10.9. The van der Waals surface area contributed by atoms with E-state index in [1.165, 1.54) is 0 Å². The molecule has 2 saturated heterocycles. The van der Waals surface area contributed by atoms with E-state index in [-0.39, 0.29) is 41.4 Å². The minimum atomic E-state index is -0.958. The van der Waals surface area contributed by atoms with Crippen molar-refractivity contribution in [3.63, 3.8) is 0 Å². The Morgan fingerprint density at radius 2 is 1.93 bits per heavy atom. The van der Waals surface area contributed by atoms with Gasteiger partial charge in [0.2, 0.25) is 23.6 Å².